The SMILES string of the molecule is CCSc1nc(N2CCCC2)c2cnn(CCNC(=O)c3cc(-c4ccc(F)cc4)n[nH]3)c2n1. The number of aromatic amines is 1. The second-order valence-corrected chi connectivity index (χ2v) is 9.22. The average molecular weight is 481 g/mol. The Labute approximate surface area is 200 Å². The van der Waals surface area contributed by atoms with Crippen molar-refractivity contribution >= 4 is 34.5 Å². The maximum Gasteiger partial charge on any atom is 0.269 e. The van der Waals surface area contributed by atoms with Crippen molar-refractivity contribution in [1.29, 1.82) is 0 Å². The number of benzene rings is 1. The van der Waals surface area contributed by atoms with Gasteiger partial charge >= 0.3 is 0 Å². The minimum Gasteiger partial charge on any atom is -0.356 e. The Morgan fingerprint density at radius 2 is 2.00 bits per heavy atom. The normalized spacial score (nSPS) is 13.6. The number of rotatable bonds is 8. The molecule has 0 unspecified atom stereocenters. The number of amides is 1. The van der Waals surface area contributed by atoms with Gasteiger partial charge in [0.2, 0.25) is 0 Å². The summed E-state index contributed by atoms with van der Waals surface area (Å²) in [5.74, 6) is 1.24. The number of anilines is 1. The molecule has 0 aliphatic carbocycles. The molecule has 0 radical (unpaired) electrons. The summed E-state index contributed by atoms with van der Waals surface area (Å²) in [4.78, 5) is 24.4. The number of fused-ring (bicyclic) bond motifs is 1. The lowest BCUT2D eigenvalue weighted by atomic mass is 10.1. The van der Waals surface area contributed by atoms with E-state index in [-0.39, 0.29) is 11.7 Å². The predicted octanol–water partition coefficient (Wildman–Crippen LogP) is 3.50. The zero-order valence-corrected chi connectivity index (χ0v) is 19.6. The van der Waals surface area contributed by atoms with Crippen LogP contribution in [-0.4, -0.2) is 61.2 Å². The summed E-state index contributed by atoms with van der Waals surface area (Å²) in [6.07, 6.45) is 4.14. The summed E-state index contributed by atoms with van der Waals surface area (Å²) in [7, 11) is 0. The minimum absolute atomic E-state index is 0.271. The van der Waals surface area contributed by atoms with Crippen molar-refractivity contribution in [3.05, 3.63) is 48.0 Å². The molecule has 1 fully saturated rings. The van der Waals surface area contributed by atoms with E-state index in [9.17, 15) is 9.18 Å². The van der Waals surface area contributed by atoms with Gasteiger partial charge in [0.1, 0.15) is 17.3 Å². The number of nitrogens with one attached hydrogen (secondary N) is 2. The van der Waals surface area contributed by atoms with E-state index in [1.807, 2.05) is 10.9 Å². The molecule has 1 aliphatic rings. The molecule has 0 atom stereocenters. The van der Waals surface area contributed by atoms with Gasteiger partial charge in [-0.2, -0.15) is 10.2 Å². The number of hydrogen-bond donors (Lipinski definition) is 2. The van der Waals surface area contributed by atoms with E-state index < -0.39 is 0 Å². The van der Waals surface area contributed by atoms with Crippen LogP contribution in [0.5, 0.6) is 0 Å². The van der Waals surface area contributed by atoms with Gasteiger partial charge in [0.25, 0.3) is 5.91 Å². The number of carbonyl (C=O) groups is 1. The van der Waals surface area contributed by atoms with E-state index in [1.165, 1.54) is 25.0 Å². The second kappa shape index (κ2) is 9.80. The van der Waals surface area contributed by atoms with Crippen LogP contribution >= 0.6 is 11.8 Å². The van der Waals surface area contributed by atoms with Crippen LogP contribution < -0.4 is 10.2 Å². The van der Waals surface area contributed by atoms with Crippen molar-refractivity contribution in [2.75, 3.05) is 30.3 Å². The summed E-state index contributed by atoms with van der Waals surface area (Å²) in [6.45, 7) is 4.92. The van der Waals surface area contributed by atoms with Crippen LogP contribution in [-0.2, 0) is 6.54 Å². The molecule has 3 aromatic heterocycles. The van der Waals surface area contributed by atoms with E-state index in [0.29, 0.717) is 24.5 Å². The van der Waals surface area contributed by atoms with E-state index in [4.69, 9.17) is 9.97 Å². The molecule has 4 aromatic rings. The van der Waals surface area contributed by atoms with Crippen molar-refractivity contribution in [3.63, 3.8) is 0 Å². The van der Waals surface area contributed by atoms with Crippen LogP contribution in [0.15, 0.2) is 41.7 Å². The maximum atomic E-state index is 13.1. The van der Waals surface area contributed by atoms with Gasteiger partial charge in [0, 0.05) is 25.2 Å². The van der Waals surface area contributed by atoms with Crippen molar-refractivity contribution in [1.82, 2.24) is 35.3 Å². The molecule has 5 rings (SSSR count). The molecule has 4 heterocycles. The molecule has 1 aromatic carbocycles. The van der Waals surface area contributed by atoms with E-state index in [2.05, 4.69) is 32.4 Å². The molecule has 1 aliphatic heterocycles. The number of H-pyrrole nitrogens is 1. The van der Waals surface area contributed by atoms with E-state index in [1.54, 1.807) is 30.0 Å². The topological polar surface area (TPSA) is 105 Å². The molecule has 0 saturated carbocycles. The molecule has 2 N–H and O–H groups in total. The van der Waals surface area contributed by atoms with Gasteiger partial charge in [-0.05, 0) is 48.9 Å². The second-order valence-electron chi connectivity index (χ2n) is 7.99. The highest BCUT2D eigenvalue weighted by Crippen LogP contribution is 2.29. The molecule has 34 heavy (non-hydrogen) atoms. The van der Waals surface area contributed by atoms with Crippen LogP contribution in [0, 0.1) is 5.82 Å². The van der Waals surface area contributed by atoms with E-state index in [0.717, 1.165) is 46.4 Å². The summed E-state index contributed by atoms with van der Waals surface area (Å²) in [5.41, 5.74) is 2.43. The first-order valence-corrected chi connectivity index (χ1v) is 12.3. The quantitative estimate of drug-likeness (QED) is 0.294. The largest absolute Gasteiger partial charge is 0.356 e. The highest BCUT2D eigenvalue weighted by molar-refractivity contribution is 7.99. The van der Waals surface area contributed by atoms with Crippen LogP contribution in [0.2, 0.25) is 0 Å². The lowest BCUT2D eigenvalue weighted by Gasteiger charge is -2.17. The number of carbonyl (C=O) groups excluding carboxylic acids is 1. The average Bonchev–Trinajstić information content (AvgIpc) is 3.61. The van der Waals surface area contributed by atoms with Crippen molar-refractivity contribution < 1.29 is 9.18 Å². The number of aromatic nitrogens is 6. The number of halogens is 1. The van der Waals surface area contributed by atoms with Gasteiger partial charge in [-0.3, -0.25) is 9.89 Å². The lowest BCUT2D eigenvalue weighted by Crippen LogP contribution is -2.28. The smallest absolute Gasteiger partial charge is 0.269 e. The Bertz CT molecular complexity index is 1300. The zero-order valence-electron chi connectivity index (χ0n) is 18.8. The minimum atomic E-state index is -0.318. The van der Waals surface area contributed by atoms with Crippen molar-refractivity contribution in [2.24, 2.45) is 0 Å². The zero-order chi connectivity index (χ0) is 23.5. The first-order chi connectivity index (χ1) is 16.6. The van der Waals surface area contributed by atoms with Crippen LogP contribution in [0.3, 0.4) is 0 Å². The molecule has 1 amide bonds. The summed E-state index contributed by atoms with van der Waals surface area (Å²) >= 11 is 1.61. The lowest BCUT2D eigenvalue weighted by molar-refractivity contribution is 0.0947. The third-order valence-electron chi connectivity index (χ3n) is 5.71. The first kappa shape index (κ1) is 22.3. The molecule has 176 valence electrons. The van der Waals surface area contributed by atoms with Crippen LogP contribution in [0.1, 0.15) is 30.3 Å². The van der Waals surface area contributed by atoms with Gasteiger partial charge in [0.15, 0.2) is 10.8 Å². The summed E-state index contributed by atoms with van der Waals surface area (Å²) in [5, 5.41) is 16.0. The van der Waals surface area contributed by atoms with Gasteiger partial charge in [-0.15, -0.1) is 0 Å². The molecule has 1 saturated heterocycles. The standard InChI is InChI=1S/C23H25FN8OS/c1-2-34-23-27-20(31-10-3-4-11-31)17-14-26-32(21(17)28-23)12-9-25-22(33)19-13-18(29-30-19)15-5-7-16(24)8-6-15/h5-8,13-14H,2-4,9-12H2,1H3,(H,25,33)(H,29,30). The van der Waals surface area contributed by atoms with Crippen molar-refractivity contribution in [2.45, 2.75) is 31.5 Å². The molecule has 9 nitrogen and oxygen atoms in total. The van der Waals surface area contributed by atoms with Crippen molar-refractivity contribution in [3.8, 4) is 11.3 Å². The monoisotopic (exact) mass is 480 g/mol. The number of nitrogens with zero attached hydrogens (tertiary/aromatic N) is 6. The Morgan fingerprint density at radius 1 is 1.21 bits per heavy atom. The fourth-order valence-electron chi connectivity index (χ4n) is 4.03. The summed E-state index contributed by atoms with van der Waals surface area (Å²) < 4.78 is 15.0. The van der Waals surface area contributed by atoms with Gasteiger partial charge in [-0.1, -0.05) is 18.7 Å². The molecular formula is C23H25FN8OS. The van der Waals surface area contributed by atoms with Crippen LogP contribution in [0.4, 0.5) is 10.2 Å². The Morgan fingerprint density at radius 3 is 2.76 bits per heavy atom. The maximum absolute atomic E-state index is 13.1. The predicted molar refractivity (Wildman–Crippen MR) is 129 cm³/mol. The molecule has 0 spiro atoms. The number of thioether (sulfide) groups is 1. The highest BCUT2D eigenvalue weighted by Gasteiger charge is 2.21. The van der Waals surface area contributed by atoms with Gasteiger partial charge in [0.05, 0.1) is 23.8 Å². The Balaban J connectivity index is 1.28. The summed E-state index contributed by atoms with van der Waals surface area (Å²) in [6, 6.07) is 7.62. The molecule has 11 heteroatoms. The highest BCUT2D eigenvalue weighted by atomic mass is 32.2. The number of hydrogen-bond acceptors (Lipinski definition) is 7. The third kappa shape index (κ3) is 4.60. The molecule has 0 bridgehead atoms. The third-order valence-corrected chi connectivity index (χ3v) is 6.44. The van der Waals surface area contributed by atoms with Crippen LogP contribution in [0.25, 0.3) is 22.3 Å². The van der Waals surface area contributed by atoms with E-state index >= 15 is 0 Å². The Kier molecular flexibility index (Phi) is 6.43. The fraction of sp³-hybridized carbons (Fsp3) is 0.348. The Hall–Kier alpha value is -3.47. The van der Waals surface area contributed by atoms with Gasteiger partial charge < -0.3 is 10.2 Å². The fourth-order valence-corrected chi connectivity index (χ4v) is 4.59. The first-order valence-electron chi connectivity index (χ1n) is 11.3. The van der Waals surface area contributed by atoms with Gasteiger partial charge in [-0.25, -0.2) is 19.0 Å². The molecular weight excluding hydrogens is 455 g/mol.